The fourth-order valence-corrected chi connectivity index (χ4v) is 1.99. The van der Waals surface area contributed by atoms with E-state index < -0.39 is 0 Å². The highest BCUT2D eigenvalue weighted by Crippen LogP contribution is 2.24. The molecular weight excluding hydrogens is 224 g/mol. The van der Waals surface area contributed by atoms with Crippen molar-refractivity contribution in [1.82, 2.24) is 0 Å². The van der Waals surface area contributed by atoms with E-state index in [2.05, 4.69) is 6.92 Å². The van der Waals surface area contributed by atoms with Crippen LogP contribution in [0, 0.1) is 6.92 Å². The molecule has 0 atom stereocenters. The summed E-state index contributed by atoms with van der Waals surface area (Å²) >= 11 is 0. The van der Waals surface area contributed by atoms with E-state index in [1.165, 1.54) is 0 Å². The Balaban J connectivity index is 2.50. The maximum atomic E-state index is 11.6. The van der Waals surface area contributed by atoms with Crippen molar-refractivity contribution in [1.29, 1.82) is 0 Å². The number of hydrogen-bond acceptors (Lipinski definition) is 2. The Morgan fingerprint density at radius 3 is 2.56 bits per heavy atom. The summed E-state index contributed by atoms with van der Waals surface area (Å²) in [6.45, 7) is 3.93. The maximum absolute atomic E-state index is 11.6. The molecule has 1 aromatic heterocycles. The van der Waals surface area contributed by atoms with Gasteiger partial charge in [-0.15, -0.1) is 0 Å². The van der Waals surface area contributed by atoms with E-state index in [0.717, 1.165) is 36.1 Å². The Kier molecular flexibility index (Phi) is 3.98. The molecule has 18 heavy (non-hydrogen) atoms. The van der Waals surface area contributed by atoms with E-state index in [1.54, 1.807) is 6.92 Å². The van der Waals surface area contributed by atoms with Gasteiger partial charge in [0.25, 0.3) is 0 Å². The molecule has 0 saturated carbocycles. The Bertz CT molecular complexity index is 567. The maximum Gasteiger partial charge on any atom is 0.338 e. The molecule has 2 heteroatoms. The minimum atomic E-state index is -0.221. The number of aryl methyl sites for hydroxylation is 2. The highest BCUT2D eigenvalue weighted by molar-refractivity contribution is 5.65. The van der Waals surface area contributed by atoms with Gasteiger partial charge in [-0.2, -0.15) is 0 Å². The van der Waals surface area contributed by atoms with Gasteiger partial charge in [-0.25, -0.2) is 4.79 Å². The van der Waals surface area contributed by atoms with E-state index in [0.29, 0.717) is 5.56 Å². The summed E-state index contributed by atoms with van der Waals surface area (Å²) in [6.07, 6.45) is 2.94. The number of rotatable bonds is 4. The molecule has 0 bridgehead atoms. The Morgan fingerprint density at radius 1 is 1.17 bits per heavy atom. The van der Waals surface area contributed by atoms with Gasteiger partial charge in [-0.3, -0.25) is 0 Å². The topological polar surface area (TPSA) is 30.2 Å². The van der Waals surface area contributed by atoms with E-state index >= 15 is 0 Å². The molecule has 0 spiro atoms. The first-order valence-electron chi connectivity index (χ1n) is 6.41. The van der Waals surface area contributed by atoms with Gasteiger partial charge in [0.1, 0.15) is 5.76 Å². The van der Waals surface area contributed by atoms with Crippen molar-refractivity contribution in [2.24, 2.45) is 0 Å². The summed E-state index contributed by atoms with van der Waals surface area (Å²) in [7, 11) is 0. The largest absolute Gasteiger partial charge is 0.427 e. The molecule has 2 rings (SSSR count). The second-order valence-electron chi connectivity index (χ2n) is 4.52. The average molecular weight is 242 g/mol. The Hall–Kier alpha value is -1.83. The van der Waals surface area contributed by atoms with Gasteiger partial charge in [-0.1, -0.05) is 43.7 Å². The van der Waals surface area contributed by atoms with Gasteiger partial charge in [0.15, 0.2) is 0 Å². The molecule has 0 aliphatic rings. The quantitative estimate of drug-likeness (QED) is 0.812. The molecule has 0 amide bonds. The summed E-state index contributed by atoms with van der Waals surface area (Å²) in [5.41, 5.74) is 2.59. The van der Waals surface area contributed by atoms with Crippen molar-refractivity contribution >= 4 is 0 Å². The van der Waals surface area contributed by atoms with Crippen molar-refractivity contribution in [2.45, 2.75) is 33.1 Å². The van der Waals surface area contributed by atoms with Crippen molar-refractivity contribution in [3.63, 3.8) is 0 Å². The zero-order valence-electron chi connectivity index (χ0n) is 10.9. The minimum Gasteiger partial charge on any atom is -0.427 e. The molecule has 2 nitrogen and oxygen atoms in total. The standard InChI is InChI=1S/C16H18O2/c1-3-4-10-15-14(11-12(2)16(17)18-15)13-8-6-5-7-9-13/h5-9,11H,3-4,10H2,1-2H3. The van der Waals surface area contributed by atoms with Crippen LogP contribution in [0.4, 0.5) is 0 Å². The van der Waals surface area contributed by atoms with E-state index in [4.69, 9.17) is 4.42 Å². The normalized spacial score (nSPS) is 10.6. The molecule has 0 radical (unpaired) electrons. The van der Waals surface area contributed by atoms with Crippen molar-refractivity contribution in [3.8, 4) is 11.1 Å². The first kappa shape index (κ1) is 12.6. The SMILES string of the molecule is CCCCc1oc(=O)c(C)cc1-c1ccccc1. The Morgan fingerprint density at radius 2 is 1.89 bits per heavy atom. The summed E-state index contributed by atoms with van der Waals surface area (Å²) in [6, 6.07) is 12.0. The number of hydrogen-bond donors (Lipinski definition) is 0. The zero-order valence-corrected chi connectivity index (χ0v) is 10.9. The lowest BCUT2D eigenvalue weighted by Crippen LogP contribution is -2.06. The first-order chi connectivity index (χ1) is 8.72. The lowest BCUT2D eigenvalue weighted by molar-refractivity contribution is 0.451. The van der Waals surface area contributed by atoms with Crippen LogP contribution in [0.5, 0.6) is 0 Å². The third kappa shape index (κ3) is 2.70. The van der Waals surface area contributed by atoms with Gasteiger partial charge in [0, 0.05) is 17.5 Å². The number of benzene rings is 1. The first-order valence-corrected chi connectivity index (χ1v) is 6.41. The van der Waals surface area contributed by atoms with E-state index in [-0.39, 0.29) is 5.63 Å². The second-order valence-corrected chi connectivity index (χ2v) is 4.52. The van der Waals surface area contributed by atoms with Crippen molar-refractivity contribution in [3.05, 3.63) is 58.1 Å². The fourth-order valence-electron chi connectivity index (χ4n) is 1.99. The molecule has 1 heterocycles. The average Bonchev–Trinajstić information content (AvgIpc) is 2.40. The minimum absolute atomic E-state index is 0.221. The highest BCUT2D eigenvalue weighted by Gasteiger charge is 2.10. The molecule has 1 aromatic carbocycles. The fraction of sp³-hybridized carbons (Fsp3) is 0.312. The summed E-state index contributed by atoms with van der Waals surface area (Å²) in [5.74, 6) is 0.804. The molecule has 94 valence electrons. The lowest BCUT2D eigenvalue weighted by atomic mass is 10.0. The molecule has 2 aromatic rings. The smallest absolute Gasteiger partial charge is 0.338 e. The molecule has 0 fully saturated rings. The van der Waals surface area contributed by atoms with Crippen LogP contribution < -0.4 is 5.63 Å². The zero-order chi connectivity index (χ0) is 13.0. The molecule has 0 aliphatic heterocycles. The number of unbranched alkanes of at least 4 members (excludes halogenated alkanes) is 1. The van der Waals surface area contributed by atoms with E-state index in [1.807, 2.05) is 36.4 Å². The molecule has 0 aliphatic carbocycles. The third-order valence-electron chi connectivity index (χ3n) is 3.04. The van der Waals surface area contributed by atoms with Crippen LogP contribution in [0.15, 0.2) is 45.6 Å². The van der Waals surface area contributed by atoms with Crippen LogP contribution in [0.2, 0.25) is 0 Å². The van der Waals surface area contributed by atoms with Crippen molar-refractivity contribution in [2.75, 3.05) is 0 Å². The van der Waals surface area contributed by atoms with Crippen LogP contribution in [-0.4, -0.2) is 0 Å². The predicted molar refractivity (Wildman–Crippen MR) is 73.8 cm³/mol. The van der Waals surface area contributed by atoms with Gasteiger partial charge < -0.3 is 4.42 Å². The van der Waals surface area contributed by atoms with Gasteiger partial charge in [0.2, 0.25) is 0 Å². The molecule has 0 saturated heterocycles. The second kappa shape index (κ2) is 5.67. The molecule has 0 N–H and O–H groups in total. The van der Waals surface area contributed by atoms with Crippen LogP contribution >= 0.6 is 0 Å². The predicted octanol–water partition coefficient (Wildman–Crippen LogP) is 3.96. The van der Waals surface area contributed by atoms with Crippen molar-refractivity contribution < 1.29 is 4.42 Å². The van der Waals surface area contributed by atoms with Crippen LogP contribution in [0.1, 0.15) is 31.1 Å². The molecule has 0 unspecified atom stereocenters. The van der Waals surface area contributed by atoms with Crippen LogP contribution in [0.25, 0.3) is 11.1 Å². The van der Waals surface area contributed by atoms with Crippen LogP contribution in [-0.2, 0) is 6.42 Å². The van der Waals surface area contributed by atoms with Gasteiger partial charge in [0.05, 0.1) is 0 Å². The lowest BCUT2D eigenvalue weighted by Gasteiger charge is -2.08. The van der Waals surface area contributed by atoms with Crippen LogP contribution in [0.3, 0.4) is 0 Å². The summed E-state index contributed by atoms with van der Waals surface area (Å²) in [5, 5.41) is 0. The molecular formula is C16H18O2. The van der Waals surface area contributed by atoms with E-state index in [9.17, 15) is 4.79 Å². The third-order valence-corrected chi connectivity index (χ3v) is 3.04. The summed E-state index contributed by atoms with van der Waals surface area (Å²) < 4.78 is 5.44. The Labute approximate surface area is 107 Å². The van der Waals surface area contributed by atoms with Gasteiger partial charge >= 0.3 is 5.63 Å². The monoisotopic (exact) mass is 242 g/mol. The summed E-state index contributed by atoms with van der Waals surface area (Å²) in [4.78, 5) is 11.6. The highest BCUT2D eigenvalue weighted by atomic mass is 16.4. The van der Waals surface area contributed by atoms with Gasteiger partial charge in [-0.05, 0) is 25.0 Å².